The topological polar surface area (TPSA) is 21.3 Å². The lowest BCUT2D eigenvalue weighted by Crippen LogP contribution is -2.27. The largest absolute Gasteiger partial charge is 0.497 e. The summed E-state index contributed by atoms with van der Waals surface area (Å²) in [7, 11) is 1.68. The minimum Gasteiger partial charge on any atom is -0.497 e. The number of halogens is 1. The smallest absolute Gasteiger partial charge is 0.118 e. The average Bonchev–Trinajstić information content (AvgIpc) is 2.47. The van der Waals surface area contributed by atoms with E-state index in [0.29, 0.717) is 6.04 Å². The predicted octanol–water partition coefficient (Wildman–Crippen LogP) is 4.07. The molecular formula is C17H20ClNO. The Bertz CT molecular complexity index is 539. The zero-order valence-corrected chi connectivity index (χ0v) is 12.7. The number of benzene rings is 2. The van der Waals surface area contributed by atoms with E-state index >= 15 is 0 Å². The van der Waals surface area contributed by atoms with Crippen molar-refractivity contribution in [3.63, 3.8) is 0 Å². The highest BCUT2D eigenvalue weighted by atomic mass is 35.5. The van der Waals surface area contributed by atoms with Crippen LogP contribution in [0.25, 0.3) is 0 Å². The van der Waals surface area contributed by atoms with Crippen LogP contribution >= 0.6 is 11.6 Å². The highest BCUT2D eigenvalue weighted by molar-refractivity contribution is 6.31. The molecule has 2 aromatic carbocycles. The molecule has 0 saturated heterocycles. The van der Waals surface area contributed by atoms with Crippen molar-refractivity contribution in [2.75, 3.05) is 7.11 Å². The molecule has 0 spiro atoms. The number of methoxy groups -OCH3 is 1. The van der Waals surface area contributed by atoms with Gasteiger partial charge in [-0.05, 0) is 42.7 Å². The lowest BCUT2D eigenvalue weighted by molar-refractivity contribution is 0.414. The van der Waals surface area contributed by atoms with Gasteiger partial charge in [0.15, 0.2) is 0 Å². The van der Waals surface area contributed by atoms with Crippen LogP contribution in [-0.4, -0.2) is 13.2 Å². The van der Waals surface area contributed by atoms with Crippen molar-refractivity contribution < 1.29 is 4.74 Å². The molecule has 106 valence electrons. The van der Waals surface area contributed by atoms with Gasteiger partial charge in [-0.2, -0.15) is 0 Å². The van der Waals surface area contributed by atoms with Gasteiger partial charge in [0.05, 0.1) is 7.11 Å². The number of ether oxygens (including phenoxy) is 1. The van der Waals surface area contributed by atoms with E-state index in [2.05, 4.69) is 30.4 Å². The third-order valence-corrected chi connectivity index (χ3v) is 3.67. The van der Waals surface area contributed by atoms with Gasteiger partial charge in [-0.1, -0.05) is 41.9 Å². The molecule has 0 aliphatic carbocycles. The predicted molar refractivity (Wildman–Crippen MR) is 84.5 cm³/mol. The fourth-order valence-corrected chi connectivity index (χ4v) is 2.32. The highest BCUT2D eigenvalue weighted by Crippen LogP contribution is 2.15. The van der Waals surface area contributed by atoms with Crippen LogP contribution in [0.15, 0.2) is 48.5 Å². The van der Waals surface area contributed by atoms with Gasteiger partial charge < -0.3 is 10.1 Å². The van der Waals surface area contributed by atoms with E-state index in [9.17, 15) is 0 Å². The first-order chi connectivity index (χ1) is 9.69. The van der Waals surface area contributed by atoms with Gasteiger partial charge in [0.2, 0.25) is 0 Å². The van der Waals surface area contributed by atoms with Crippen LogP contribution in [0.1, 0.15) is 18.1 Å². The molecule has 0 fully saturated rings. The minimum absolute atomic E-state index is 0.389. The molecule has 2 nitrogen and oxygen atoms in total. The monoisotopic (exact) mass is 289 g/mol. The molecule has 0 heterocycles. The van der Waals surface area contributed by atoms with Gasteiger partial charge in [0.25, 0.3) is 0 Å². The molecule has 0 aromatic heterocycles. The van der Waals surface area contributed by atoms with E-state index in [1.807, 2.05) is 30.3 Å². The Balaban J connectivity index is 1.86. The fourth-order valence-electron chi connectivity index (χ4n) is 2.11. The Morgan fingerprint density at radius 1 is 1.10 bits per heavy atom. The first-order valence-corrected chi connectivity index (χ1v) is 7.16. The molecule has 0 radical (unpaired) electrons. The van der Waals surface area contributed by atoms with Crippen molar-refractivity contribution in [1.29, 1.82) is 0 Å². The van der Waals surface area contributed by atoms with Crippen LogP contribution in [0.4, 0.5) is 0 Å². The van der Waals surface area contributed by atoms with Gasteiger partial charge >= 0.3 is 0 Å². The first kappa shape index (κ1) is 14.9. The number of hydrogen-bond acceptors (Lipinski definition) is 2. The SMILES string of the molecule is COc1ccc(C[C@@H](C)NCc2ccccc2Cl)cc1. The van der Waals surface area contributed by atoms with Crippen molar-refractivity contribution >= 4 is 11.6 Å². The second-order valence-corrected chi connectivity index (χ2v) is 5.33. The maximum absolute atomic E-state index is 6.15. The van der Waals surface area contributed by atoms with Gasteiger partial charge in [0, 0.05) is 17.6 Å². The maximum atomic E-state index is 6.15. The van der Waals surface area contributed by atoms with Crippen molar-refractivity contribution in [3.05, 3.63) is 64.7 Å². The van der Waals surface area contributed by atoms with E-state index in [0.717, 1.165) is 29.3 Å². The summed E-state index contributed by atoms with van der Waals surface area (Å²) in [6.45, 7) is 2.97. The standard InChI is InChI=1S/C17H20ClNO/c1-13(11-14-7-9-16(20-2)10-8-14)19-12-15-5-3-4-6-17(15)18/h3-10,13,19H,11-12H2,1-2H3/t13-/m1/s1. The highest BCUT2D eigenvalue weighted by Gasteiger charge is 2.05. The molecule has 3 heteroatoms. The van der Waals surface area contributed by atoms with Crippen LogP contribution in [0.3, 0.4) is 0 Å². The molecule has 0 aliphatic heterocycles. The van der Waals surface area contributed by atoms with Gasteiger partial charge in [0.1, 0.15) is 5.75 Å². The normalized spacial score (nSPS) is 12.2. The van der Waals surface area contributed by atoms with Crippen LogP contribution in [-0.2, 0) is 13.0 Å². The van der Waals surface area contributed by atoms with Crippen LogP contribution in [0.5, 0.6) is 5.75 Å². The minimum atomic E-state index is 0.389. The van der Waals surface area contributed by atoms with Gasteiger partial charge in [-0.15, -0.1) is 0 Å². The first-order valence-electron chi connectivity index (χ1n) is 6.79. The van der Waals surface area contributed by atoms with Crippen molar-refractivity contribution in [2.24, 2.45) is 0 Å². The number of nitrogens with one attached hydrogen (secondary N) is 1. The van der Waals surface area contributed by atoms with Crippen molar-refractivity contribution in [3.8, 4) is 5.75 Å². The Labute approximate surface area is 125 Å². The zero-order valence-electron chi connectivity index (χ0n) is 11.9. The number of hydrogen-bond donors (Lipinski definition) is 1. The molecule has 20 heavy (non-hydrogen) atoms. The van der Waals surface area contributed by atoms with Crippen molar-refractivity contribution in [2.45, 2.75) is 25.9 Å². The van der Waals surface area contributed by atoms with Crippen LogP contribution < -0.4 is 10.1 Å². The molecule has 0 saturated carbocycles. The summed E-state index contributed by atoms with van der Waals surface area (Å²) < 4.78 is 5.16. The second-order valence-electron chi connectivity index (χ2n) is 4.93. The molecule has 1 N–H and O–H groups in total. The second kappa shape index (κ2) is 7.32. The van der Waals surface area contributed by atoms with Gasteiger partial charge in [-0.3, -0.25) is 0 Å². The molecule has 2 aromatic rings. The lowest BCUT2D eigenvalue weighted by Gasteiger charge is -2.15. The Kier molecular flexibility index (Phi) is 5.45. The summed E-state index contributed by atoms with van der Waals surface area (Å²) in [6, 6.07) is 16.5. The van der Waals surface area contributed by atoms with Crippen molar-refractivity contribution in [1.82, 2.24) is 5.32 Å². The van der Waals surface area contributed by atoms with E-state index < -0.39 is 0 Å². The molecule has 1 atom stereocenters. The quantitative estimate of drug-likeness (QED) is 0.865. The Morgan fingerprint density at radius 2 is 1.80 bits per heavy atom. The van der Waals surface area contributed by atoms with Gasteiger partial charge in [-0.25, -0.2) is 0 Å². The molecule has 0 unspecified atom stereocenters. The molecular weight excluding hydrogens is 270 g/mol. The van der Waals surface area contributed by atoms with E-state index in [1.165, 1.54) is 5.56 Å². The molecule has 0 aliphatic rings. The Hall–Kier alpha value is -1.51. The maximum Gasteiger partial charge on any atom is 0.118 e. The summed E-state index contributed by atoms with van der Waals surface area (Å²) in [5.74, 6) is 0.894. The number of rotatable bonds is 6. The summed E-state index contributed by atoms with van der Waals surface area (Å²) in [5.41, 5.74) is 2.43. The lowest BCUT2D eigenvalue weighted by atomic mass is 10.1. The molecule has 0 amide bonds. The third kappa shape index (κ3) is 4.26. The van der Waals surface area contributed by atoms with E-state index in [1.54, 1.807) is 7.11 Å². The Morgan fingerprint density at radius 3 is 2.45 bits per heavy atom. The molecule has 0 bridgehead atoms. The average molecular weight is 290 g/mol. The summed E-state index contributed by atoms with van der Waals surface area (Å²) in [4.78, 5) is 0. The molecule has 2 rings (SSSR count). The summed E-state index contributed by atoms with van der Waals surface area (Å²) >= 11 is 6.15. The summed E-state index contributed by atoms with van der Waals surface area (Å²) in [6.07, 6.45) is 0.981. The fraction of sp³-hybridized carbons (Fsp3) is 0.294. The summed E-state index contributed by atoms with van der Waals surface area (Å²) in [5, 5.41) is 4.32. The zero-order chi connectivity index (χ0) is 14.4. The van der Waals surface area contributed by atoms with Crippen LogP contribution in [0.2, 0.25) is 5.02 Å². The van der Waals surface area contributed by atoms with E-state index in [-0.39, 0.29) is 0 Å². The third-order valence-electron chi connectivity index (χ3n) is 3.30. The van der Waals surface area contributed by atoms with E-state index in [4.69, 9.17) is 16.3 Å². The van der Waals surface area contributed by atoms with Crippen LogP contribution in [0, 0.1) is 0 Å².